The van der Waals surface area contributed by atoms with Gasteiger partial charge in [-0.25, -0.2) is 0 Å². The first-order chi connectivity index (χ1) is 7.18. The molecule has 5 heteroatoms. The summed E-state index contributed by atoms with van der Waals surface area (Å²) < 4.78 is 1.79. The number of hydrogen-bond donors (Lipinski definition) is 2. The van der Waals surface area contributed by atoms with Gasteiger partial charge in [0.2, 0.25) is 0 Å². The van der Waals surface area contributed by atoms with Gasteiger partial charge in [-0.2, -0.15) is 5.10 Å². The lowest BCUT2D eigenvalue weighted by Gasteiger charge is -2.28. The molecule has 1 saturated heterocycles. The molecule has 15 heavy (non-hydrogen) atoms. The number of carbonyl (C=O) groups is 1. The van der Waals surface area contributed by atoms with E-state index in [2.05, 4.69) is 10.4 Å². The van der Waals surface area contributed by atoms with Crippen LogP contribution in [0.2, 0.25) is 0 Å². The fraction of sp³-hybridized carbons (Fsp3) is 0.600. The van der Waals surface area contributed by atoms with E-state index in [0.29, 0.717) is 6.42 Å². The monoisotopic (exact) mass is 209 g/mol. The van der Waals surface area contributed by atoms with Gasteiger partial charge in [0.15, 0.2) is 0 Å². The predicted octanol–water partition coefficient (Wildman–Crippen LogP) is 0.688. The Kier molecular flexibility index (Phi) is 2.73. The number of nitrogens with zero attached hydrogens (tertiary/aromatic N) is 2. The van der Waals surface area contributed by atoms with Gasteiger partial charge in [0, 0.05) is 19.3 Å². The Balaban J connectivity index is 2.11. The molecule has 0 saturated carbocycles. The highest BCUT2D eigenvalue weighted by Crippen LogP contribution is 2.24. The summed E-state index contributed by atoms with van der Waals surface area (Å²) in [5.74, 6) is -0.762. The third-order valence-corrected chi connectivity index (χ3v) is 2.90. The fourth-order valence-corrected chi connectivity index (χ4v) is 2.09. The minimum atomic E-state index is -0.762. The number of rotatable bonds is 2. The molecule has 0 radical (unpaired) electrons. The zero-order chi connectivity index (χ0) is 10.8. The number of piperidine rings is 1. The van der Waals surface area contributed by atoms with E-state index in [4.69, 9.17) is 5.11 Å². The standard InChI is InChI=1S/C10H15N3O2/c1-13-9(5-6-11-13)7-3-2-4-8(12-7)10(14)15/h5-8,12H,2-4H2,1H3,(H,14,15). The van der Waals surface area contributed by atoms with E-state index < -0.39 is 12.0 Å². The molecule has 0 aliphatic carbocycles. The summed E-state index contributed by atoms with van der Waals surface area (Å²) in [5, 5.41) is 16.2. The van der Waals surface area contributed by atoms with E-state index in [1.54, 1.807) is 10.9 Å². The highest BCUT2D eigenvalue weighted by atomic mass is 16.4. The molecule has 2 atom stereocenters. The predicted molar refractivity (Wildman–Crippen MR) is 54.4 cm³/mol. The van der Waals surface area contributed by atoms with Gasteiger partial charge in [0.05, 0.1) is 5.69 Å². The Bertz CT molecular complexity index is 361. The van der Waals surface area contributed by atoms with Crippen molar-refractivity contribution < 1.29 is 9.90 Å². The van der Waals surface area contributed by atoms with Gasteiger partial charge >= 0.3 is 5.97 Å². The second kappa shape index (κ2) is 4.02. The van der Waals surface area contributed by atoms with Gasteiger partial charge in [0.1, 0.15) is 6.04 Å². The molecule has 1 fully saturated rings. The number of aromatic nitrogens is 2. The average Bonchev–Trinajstić information content (AvgIpc) is 2.64. The van der Waals surface area contributed by atoms with E-state index in [1.807, 2.05) is 13.1 Å². The van der Waals surface area contributed by atoms with Gasteiger partial charge in [-0.1, -0.05) is 0 Å². The van der Waals surface area contributed by atoms with Crippen molar-refractivity contribution in [3.8, 4) is 0 Å². The van der Waals surface area contributed by atoms with Gasteiger partial charge in [0.25, 0.3) is 0 Å². The lowest BCUT2D eigenvalue weighted by molar-refractivity contribution is -0.140. The number of aliphatic carboxylic acids is 1. The van der Waals surface area contributed by atoms with Crippen LogP contribution in [-0.4, -0.2) is 26.9 Å². The summed E-state index contributed by atoms with van der Waals surface area (Å²) in [7, 11) is 1.88. The lowest BCUT2D eigenvalue weighted by Crippen LogP contribution is -2.42. The first kappa shape index (κ1) is 10.2. The van der Waals surface area contributed by atoms with Crippen molar-refractivity contribution in [2.75, 3.05) is 0 Å². The van der Waals surface area contributed by atoms with Crippen LogP contribution in [0.15, 0.2) is 12.3 Å². The van der Waals surface area contributed by atoms with Crippen LogP contribution >= 0.6 is 0 Å². The molecule has 1 aliphatic heterocycles. The number of carboxylic acids is 1. The minimum Gasteiger partial charge on any atom is -0.480 e. The van der Waals surface area contributed by atoms with Crippen LogP contribution in [0.5, 0.6) is 0 Å². The molecule has 82 valence electrons. The Morgan fingerprint density at radius 3 is 3.07 bits per heavy atom. The summed E-state index contributed by atoms with van der Waals surface area (Å²) in [6.45, 7) is 0. The topological polar surface area (TPSA) is 67.2 Å². The van der Waals surface area contributed by atoms with Crippen molar-refractivity contribution in [2.24, 2.45) is 7.05 Å². The average molecular weight is 209 g/mol. The number of hydrogen-bond acceptors (Lipinski definition) is 3. The normalized spacial score (nSPS) is 26.5. The zero-order valence-electron chi connectivity index (χ0n) is 8.68. The Hall–Kier alpha value is -1.36. The van der Waals surface area contributed by atoms with Gasteiger partial charge in [-0.15, -0.1) is 0 Å². The fourth-order valence-electron chi connectivity index (χ4n) is 2.09. The van der Waals surface area contributed by atoms with E-state index >= 15 is 0 Å². The molecule has 0 amide bonds. The Labute approximate surface area is 88.1 Å². The largest absolute Gasteiger partial charge is 0.480 e. The third kappa shape index (κ3) is 2.02. The van der Waals surface area contributed by atoms with Crippen molar-refractivity contribution in [1.29, 1.82) is 0 Å². The maximum Gasteiger partial charge on any atom is 0.320 e. The molecule has 1 aliphatic rings. The van der Waals surface area contributed by atoms with E-state index in [9.17, 15) is 4.79 Å². The van der Waals surface area contributed by atoms with Crippen molar-refractivity contribution in [3.05, 3.63) is 18.0 Å². The SMILES string of the molecule is Cn1nccc1C1CCCC(C(=O)O)N1. The lowest BCUT2D eigenvalue weighted by atomic mass is 9.96. The summed E-state index contributed by atoms with van der Waals surface area (Å²) in [4.78, 5) is 10.9. The van der Waals surface area contributed by atoms with E-state index in [0.717, 1.165) is 18.5 Å². The zero-order valence-corrected chi connectivity index (χ0v) is 8.68. The second-order valence-corrected chi connectivity index (χ2v) is 3.92. The Morgan fingerprint density at radius 1 is 1.67 bits per heavy atom. The first-order valence-corrected chi connectivity index (χ1v) is 5.15. The highest BCUT2D eigenvalue weighted by molar-refractivity contribution is 5.73. The van der Waals surface area contributed by atoms with Crippen molar-refractivity contribution in [2.45, 2.75) is 31.3 Å². The van der Waals surface area contributed by atoms with Crippen molar-refractivity contribution >= 4 is 5.97 Å². The van der Waals surface area contributed by atoms with E-state index in [1.165, 1.54) is 0 Å². The number of aryl methyl sites for hydroxylation is 1. The maximum absolute atomic E-state index is 10.9. The number of nitrogens with one attached hydrogen (secondary N) is 1. The van der Waals surface area contributed by atoms with Crippen LogP contribution in [0.4, 0.5) is 0 Å². The molecule has 0 bridgehead atoms. The quantitative estimate of drug-likeness (QED) is 0.752. The Morgan fingerprint density at radius 2 is 2.47 bits per heavy atom. The summed E-state index contributed by atoms with van der Waals surface area (Å²) in [5.41, 5.74) is 1.06. The van der Waals surface area contributed by atoms with Gasteiger partial charge in [-0.3, -0.25) is 14.8 Å². The molecule has 2 N–H and O–H groups in total. The van der Waals surface area contributed by atoms with Crippen LogP contribution in [0, 0.1) is 0 Å². The number of carboxylic acid groups (broad SMARTS) is 1. The minimum absolute atomic E-state index is 0.118. The molecular weight excluding hydrogens is 194 g/mol. The molecule has 0 aromatic carbocycles. The summed E-state index contributed by atoms with van der Waals surface area (Å²) in [6, 6.07) is 1.63. The maximum atomic E-state index is 10.9. The molecule has 2 heterocycles. The molecular formula is C10H15N3O2. The molecule has 5 nitrogen and oxygen atoms in total. The van der Waals surface area contributed by atoms with Crippen molar-refractivity contribution in [1.82, 2.24) is 15.1 Å². The molecule has 1 aromatic rings. The van der Waals surface area contributed by atoms with E-state index in [-0.39, 0.29) is 6.04 Å². The molecule has 2 rings (SSSR count). The third-order valence-electron chi connectivity index (χ3n) is 2.90. The van der Waals surface area contributed by atoms with Crippen LogP contribution in [0.1, 0.15) is 31.0 Å². The smallest absolute Gasteiger partial charge is 0.320 e. The van der Waals surface area contributed by atoms with Crippen LogP contribution in [0.25, 0.3) is 0 Å². The molecule has 1 aromatic heterocycles. The van der Waals surface area contributed by atoms with Crippen LogP contribution in [0.3, 0.4) is 0 Å². The summed E-state index contributed by atoms with van der Waals surface area (Å²) >= 11 is 0. The summed E-state index contributed by atoms with van der Waals surface area (Å²) in [6.07, 6.45) is 4.37. The second-order valence-electron chi connectivity index (χ2n) is 3.92. The van der Waals surface area contributed by atoms with Gasteiger partial charge in [-0.05, 0) is 25.3 Å². The van der Waals surface area contributed by atoms with Crippen molar-refractivity contribution in [3.63, 3.8) is 0 Å². The molecule has 0 spiro atoms. The van der Waals surface area contributed by atoms with Crippen LogP contribution in [-0.2, 0) is 11.8 Å². The van der Waals surface area contributed by atoms with Crippen LogP contribution < -0.4 is 5.32 Å². The highest BCUT2D eigenvalue weighted by Gasteiger charge is 2.27. The van der Waals surface area contributed by atoms with Gasteiger partial charge < -0.3 is 5.11 Å². The molecule has 2 unspecified atom stereocenters. The first-order valence-electron chi connectivity index (χ1n) is 5.15.